The molecule has 0 spiro atoms. The number of amides is 2. The van der Waals surface area contributed by atoms with Crippen LogP contribution in [0.2, 0.25) is 0 Å². The van der Waals surface area contributed by atoms with Gasteiger partial charge in [0.2, 0.25) is 0 Å². The van der Waals surface area contributed by atoms with Crippen LogP contribution in [0.4, 0.5) is 10.6 Å². The molecule has 8 heteroatoms. The zero-order chi connectivity index (χ0) is 17.8. The molecule has 0 radical (unpaired) electrons. The van der Waals surface area contributed by atoms with Crippen molar-refractivity contribution in [1.29, 1.82) is 0 Å². The molecular formula is C18H23N7O. The molecule has 2 amide bonds. The molecule has 0 atom stereocenters. The number of aromatic nitrogens is 3. The largest absolute Gasteiger partial charge is 0.368 e. The Morgan fingerprint density at radius 3 is 2.92 bits per heavy atom. The van der Waals surface area contributed by atoms with Crippen molar-refractivity contribution in [3.8, 4) is 11.4 Å². The van der Waals surface area contributed by atoms with E-state index in [4.69, 9.17) is 9.97 Å². The molecule has 26 heavy (non-hydrogen) atoms. The molecule has 0 unspecified atom stereocenters. The molecule has 2 aromatic heterocycles. The Morgan fingerprint density at radius 2 is 2.12 bits per heavy atom. The third-order valence-electron chi connectivity index (χ3n) is 4.72. The summed E-state index contributed by atoms with van der Waals surface area (Å²) in [6.45, 7) is 4.64. The van der Waals surface area contributed by atoms with E-state index in [1.54, 1.807) is 12.4 Å². The summed E-state index contributed by atoms with van der Waals surface area (Å²) in [4.78, 5) is 27.2. The third-order valence-corrected chi connectivity index (χ3v) is 4.72. The van der Waals surface area contributed by atoms with Crippen LogP contribution in [0.3, 0.4) is 0 Å². The average molecular weight is 353 g/mol. The van der Waals surface area contributed by atoms with E-state index in [1.807, 2.05) is 17.0 Å². The first kappa shape index (κ1) is 16.7. The van der Waals surface area contributed by atoms with Crippen LogP contribution in [0, 0.1) is 0 Å². The van der Waals surface area contributed by atoms with Crippen molar-refractivity contribution in [1.82, 2.24) is 30.5 Å². The normalized spacial score (nSPS) is 16.8. The summed E-state index contributed by atoms with van der Waals surface area (Å²) in [5.74, 6) is 1.57. The van der Waals surface area contributed by atoms with Crippen LogP contribution in [-0.2, 0) is 12.8 Å². The molecular weight excluding hydrogens is 330 g/mol. The van der Waals surface area contributed by atoms with Crippen LogP contribution < -0.4 is 16.0 Å². The van der Waals surface area contributed by atoms with Gasteiger partial charge in [-0.2, -0.15) is 0 Å². The number of rotatable bonds is 5. The van der Waals surface area contributed by atoms with Crippen molar-refractivity contribution in [3.63, 3.8) is 0 Å². The smallest absolute Gasteiger partial charge is 0.317 e. The van der Waals surface area contributed by atoms with E-state index in [-0.39, 0.29) is 6.03 Å². The first-order valence-electron chi connectivity index (χ1n) is 9.09. The maximum atomic E-state index is 11.7. The lowest BCUT2D eigenvalue weighted by Crippen LogP contribution is -2.32. The fraction of sp³-hybridized carbons (Fsp3) is 0.444. The van der Waals surface area contributed by atoms with Crippen LogP contribution in [0.15, 0.2) is 24.5 Å². The van der Waals surface area contributed by atoms with Crippen LogP contribution in [0.5, 0.6) is 0 Å². The second-order valence-electron chi connectivity index (χ2n) is 6.46. The number of nitrogens with zero attached hydrogens (tertiary/aromatic N) is 4. The third kappa shape index (κ3) is 3.60. The number of urea groups is 1. The average Bonchev–Trinajstić information content (AvgIpc) is 2.93. The fourth-order valence-electron chi connectivity index (χ4n) is 3.35. The summed E-state index contributed by atoms with van der Waals surface area (Å²) in [6.07, 6.45) is 5.32. The predicted molar refractivity (Wildman–Crippen MR) is 99.0 cm³/mol. The summed E-state index contributed by atoms with van der Waals surface area (Å²) < 4.78 is 0. The molecule has 2 aliphatic rings. The van der Waals surface area contributed by atoms with Crippen molar-refractivity contribution in [2.75, 3.05) is 44.6 Å². The van der Waals surface area contributed by atoms with E-state index in [2.05, 4.69) is 20.9 Å². The Kier molecular flexibility index (Phi) is 4.92. The van der Waals surface area contributed by atoms with E-state index < -0.39 is 0 Å². The van der Waals surface area contributed by atoms with Crippen LogP contribution in [0.25, 0.3) is 11.4 Å². The SMILES string of the molecule is O=C1NCCN1CCNc1nc(-c2cccnc2)nc2c1CCNCC2. The Morgan fingerprint density at radius 1 is 1.19 bits per heavy atom. The van der Waals surface area contributed by atoms with Crippen LogP contribution >= 0.6 is 0 Å². The van der Waals surface area contributed by atoms with Gasteiger partial charge in [-0.15, -0.1) is 0 Å². The van der Waals surface area contributed by atoms with Gasteiger partial charge in [0.05, 0.1) is 5.69 Å². The summed E-state index contributed by atoms with van der Waals surface area (Å²) >= 11 is 0. The van der Waals surface area contributed by atoms with Gasteiger partial charge in [0.1, 0.15) is 5.82 Å². The second kappa shape index (κ2) is 7.65. The van der Waals surface area contributed by atoms with Crippen molar-refractivity contribution >= 4 is 11.8 Å². The quantitative estimate of drug-likeness (QED) is 0.731. The van der Waals surface area contributed by atoms with Crippen molar-refractivity contribution in [3.05, 3.63) is 35.8 Å². The Labute approximate surface area is 152 Å². The summed E-state index contributed by atoms with van der Waals surface area (Å²) in [7, 11) is 0. The van der Waals surface area contributed by atoms with Gasteiger partial charge in [-0.3, -0.25) is 4.98 Å². The number of fused-ring (bicyclic) bond motifs is 1. The van der Waals surface area contributed by atoms with E-state index in [9.17, 15) is 4.79 Å². The van der Waals surface area contributed by atoms with Gasteiger partial charge in [-0.05, 0) is 25.1 Å². The van der Waals surface area contributed by atoms with Gasteiger partial charge >= 0.3 is 6.03 Å². The number of carbonyl (C=O) groups excluding carboxylic acids is 1. The fourth-order valence-corrected chi connectivity index (χ4v) is 3.35. The van der Waals surface area contributed by atoms with E-state index >= 15 is 0 Å². The zero-order valence-electron chi connectivity index (χ0n) is 14.7. The first-order valence-corrected chi connectivity index (χ1v) is 9.09. The Balaban J connectivity index is 1.57. The number of anilines is 1. The molecule has 2 aromatic rings. The monoisotopic (exact) mass is 353 g/mol. The molecule has 8 nitrogen and oxygen atoms in total. The molecule has 4 heterocycles. The zero-order valence-corrected chi connectivity index (χ0v) is 14.7. The Bertz CT molecular complexity index is 781. The van der Waals surface area contributed by atoms with Gasteiger partial charge in [-0.25, -0.2) is 14.8 Å². The highest BCUT2D eigenvalue weighted by atomic mass is 16.2. The van der Waals surface area contributed by atoms with E-state index in [0.717, 1.165) is 56.1 Å². The number of nitrogens with one attached hydrogen (secondary N) is 3. The van der Waals surface area contributed by atoms with Crippen molar-refractivity contribution in [2.45, 2.75) is 12.8 Å². The summed E-state index contributed by atoms with van der Waals surface area (Å²) in [6, 6.07) is 3.88. The standard InChI is InChI=1S/C18H23N7O/c26-18-22-9-11-25(18)10-8-21-17-14-3-6-19-7-4-15(14)23-16(24-17)13-2-1-5-20-12-13/h1-2,5,12,19H,3-4,6-11H2,(H,22,26)(H,21,23,24). The highest BCUT2D eigenvalue weighted by Crippen LogP contribution is 2.24. The maximum Gasteiger partial charge on any atom is 0.317 e. The highest BCUT2D eigenvalue weighted by molar-refractivity contribution is 5.76. The lowest BCUT2D eigenvalue weighted by atomic mass is 10.1. The van der Waals surface area contributed by atoms with Gasteiger partial charge in [0.25, 0.3) is 0 Å². The van der Waals surface area contributed by atoms with Gasteiger partial charge in [0.15, 0.2) is 5.82 Å². The predicted octanol–water partition coefficient (Wildman–Crippen LogP) is 0.664. The summed E-state index contributed by atoms with van der Waals surface area (Å²) in [5.41, 5.74) is 3.17. The van der Waals surface area contributed by atoms with E-state index in [0.29, 0.717) is 18.9 Å². The molecule has 3 N–H and O–H groups in total. The molecule has 2 aliphatic heterocycles. The van der Waals surface area contributed by atoms with Gasteiger partial charge in [0, 0.05) is 62.7 Å². The molecule has 0 aliphatic carbocycles. The molecule has 0 aromatic carbocycles. The Hall–Kier alpha value is -2.74. The number of hydrogen-bond acceptors (Lipinski definition) is 6. The summed E-state index contributed by atoms with van der Waals surface area (Å²) in [5, 5.41) is 9.68. The van der Waals surface area contributed by atoms with Crippen molar-refractivity contribution < 1.29 is 4.79 Å². The van der Waals surface area contributed by atoms with E-state index in [1.165, 1.54) is 5.56 Å². The van der Waals surface area contributed by atoms with Gasteiger partial charge in [-0.1, -0.05) is 0 Å². The number of pyridine rings is 1. The van der Waals surface area contributed by atoms with Gasteiger partial charge < -0.3 is 20.9 Å². The molecule has 136 valence electrons. The van der Waals surface area contributed by atoms with Crippen molar-refractivity contribution in [2.24, 2.45) is 0 Å². The lowest BCUT2D eigenvalue weighted by molar-refractivity contribution is 0.219. The second-order valence-corrected chi connectivity index (χ2v) is 6.46. The van der Waals surface area contributed by atoms with Crippen LogP contribution in [0.1, 0.15) is 11.3 Å². The number of hydrogen-bond donors (Lipinski definition) is 3. The minimum Gasteiger partial charge on any atom is -0.368 e. The first-order chi connectivity index (χ1) is 12.8. The highest BCUT2D eigenvalue weighted by Gasteiger charge is 2.20. The molecule has 0 bridgehead atoms. The molecule has 0 saturated carbocycles. The lowest BCUT2D eigenvalue weighted by Gasteiger charge is -2.17. The minimum absolute atomic E-state index is 0.00793. The minimum atomic E-state index is 0.00793. The number of carbonyl (C=O) groups is 1. The molecule has 1 fully saturated rings. The topological polar surface area (TPSA) is 95.1 Å². The van der Waals surface area contributed by atoms with Crippen LogP contribution in [-0.4, -0.2) is 65.2 Å². The maximum absolute atomic E-state index is 11.7. The molecule has 4 rings (SSSR count). The molecule has 1 saturated heterocycles.